The number of ether oxygens (including phenoxy) is 1. The Bertz CT molecular complexity index is 1160. The van der Waals surface area contributed by atoms with Gasteiger partial charge in [0, 0.05) is 17.8 Å². The van der Waals surface area contributed by atoms with Gasteiger partial charge < -0.3 is 10.1 Å². The highest BCUT2D eigenvalue weighted by atomic mass is 32.2. The lowest BCUT2D eigenvalue weighted by Crippen LogP contribution is -2.26. The van der Waals surface area contributed by atoms with Crippen molar-refractivity contribution >= 4 is 21.6 Å². The van der Waals surface area contributed by atoms with Gasteiger partial charge in [0.25, 0.3) is 15.9 Å². The molecule has 168 valence electrons. The summed E-state index contributed by atoms with van der Waals surface area (Å²) in [6.07, 6.45) is 0.770. The molecule has 3 aromatic rings. The smallest absolute Gasteiger partial charge is 0.265 e. The average molecular weight is 453 g/mol. The Balaban J connectivity index is 1.72. The number of carbonyl (C=O) groups is 1. The SMILES string of the molecule is COc1ccc(C(=O)NCCC(C)c2ccccc2)cc1S(=O)(=O)Nc1ccc(C)cc1. The second-order valence-electron chi connectivity index (χ2n) is 7.69. The summed E-state index contributed by atoms with van der Waals surface area (Å²) >= 11 is 0. The molecule has 0 spiro atoms. The summed E-state index contributed by atoms with van der Waals surface area (Å²) in [7, 11) is -2.56. The van der Waals surface area contributed by atoms with Crippen molar-refractivity contribution < 1.29 is 17.9 Å². The Labute approximate surface area is 189 Å². The number of amides is 1. The van der Waals surface area contributed by atoms with Crippen LogP contribution in [0.15, 0.2) is 77.7 Å². The highest BCUT2D eigenvalue weighted by molar-refractivity contribution is 7.92. The van der Waals surface area contributed by atoms with Crippen LogP contribution in [0, 0.1) is 6.92 Å². The van der Waals surface area contributed by atoms with E-state index in [0.717, 1.165) is 12.0 Å². The zero-order chi connectivity index (χ0) is 23.1. The lowest BCUT2D eigenvalue weighted by atomic mass is 9.98. The molecule has 2 N–H and O–H groups in total. The minimum absolute atomic E-state index is 0.0918. The first kappa shape index (κ1) is 23.3. The molecule has 0 aliphatic heterocycles. The second-order valence-corrected chi connectivity index (χ2v) is 9.34. The molecule has 0 bridgehead atoms. The molecule has 0 saturated carbocycles. The molecule has 1 atom stereocenters. The Morgan fingerprint density at radius 3 is 2.34 bits per heavy atom. The normalized spacial score (nSPS) is 12.1. The number of nitrogens with one attached hydrogen (secondary N) is 2. The molecule has 0 radical (unpaired) electrons. The number of methoxy groups -OCH3 is 1. The van der Waals surface area contributed by atoms with Crippen molar-refractivity contribution in [1.82, 2.24) is 5.32 Å². The number of anilines is 1. The van der Waals surface area contributed by atoms with Crippen molar-refractivity contribution in [2.45, 2.75) is 31.1 Å². The van der Waals surface area contributed by atoms with Gasteiger partial charge in [0.2, 0.25) is 0 Å². The molecule has 0 aliphatic carbocycles. The summed E-state index contributed by atoms with van der Waals surface area (Å²) < 4.78 is 33.7. The summed E-state index contributed by atoms with van der Waals surface area (Å²) in [5, 5.41) is 2.88. The number of rotatable bonds is 9. The highest BCUT2D eigenvalue weighted by Crippen LogP contribution is 2.27. The van der Waals surface area contributed by atoms with Gasteiger partial charge in [0.05, 0.1) is 7.11 Å². The van der Waals surface area contributed by atoms with Gasteiger partial charge in [-0.3, -0.25) is 9.52 Å². The van der Waals surface area contributed by atoms with Gasteiger partial charge in [-0.05, 0) is 55.2 Å². The first-order valence-corrected chi connectivity index (χ1v) is 11.9. The standard InChI is InChI=1S/C25H28N2O4S/c1-18-9-12-22(13-10-18)27-32(29,30)24-17-21(11-14-23(24)31-3)25(28)26-16-15-19(2)20-7-5-4-6-8-20/h4-14,17,19,27H,15-16H2,1-3H3,(H,26,28). The zero-order valence-electron chi connectivity index (χ0n) is 18.5. The van der Waals surface area contributed by atoms with E-state index in [1.807, 2.05) is 37.3 Å². The molecular weight excluding hydrogens is 424 g/mol. The van der Waals surface area contributed by atoms with Crippen molar-refractivity contribution in [2.24, 2.45) is 0 Å². The summed E-state index contributed by atoms with van der Waals surface area (Å²) in [6, 6.07) is 21.5. The Kier molecular flexibility index (Phi) is 7.53. The van der Waals surface area contributed by atoms with Crippen LogP contribution in [0.5, 0.6) is 5.75 Å². The van der Waals surface area contributed by atoms with E-state index in [1.54, 1.807) is 18.2 Å². The van der Waals surface area contributed by atoms with Gasteiger partial charge in [-0.25, -0.2) is 8.42 Å². The summed E-state index contributed by atoms with van der Waals surface area (Å²) in [5.74, 6) is 0.126. The number of carbonyl (C=O) groups excluding carboxylic acids is 1. The number of hydrogen-bond acceptors (Lipinski definition) is 4. The van der Waals surface area contributed by atoms with Crippen LogP contribution in [0.1, 0.15) is 40.7 Å². The van der Waals surface area contributed by atoms with Gasteiger partial charge in [-0.15, -0.1) is 0 Å². The van der Waals surface area contributed by atoms with E-state index in [-0.39, 0.29) is 22.1 Å². The van der Waals surface area contributed by atoms with E-state index in [0.29, 0.717) is 18.2 Å². The molecule has 6 nitrogen and oxygen atoms in total. The third kappa shape index (κ3) is 5.88. The quantitative estimate of drug-likeness (QED) is 0.492. The molecule has 0 aromatic heterocycles. The second kappa shape index (κ2) is 10.3. The molecule has 32 heavy (non-hydrogen) atoms. The maximum Gasteiger partial charge on any atom is 0.265 e. The minimum Gasteiger partial charge on any atom is -0.495 e. The van der Waals surface area contributed by atoms with Crippen LogP contribution in [-0.2, 0) is 10.0 Å². The van der Waals surface area contributed by atoms with Crippen molar-refractivity contribution in [1.29, 1.82) is 0 Å². The summed E-state index contributed by atoms with van der Waals surface area (Å²) in [5.41, 5.74) is 2.91. The number of benzene rings is 3. The van der Waals surface area contributed by atoms with E-state index < -0.39 is 10.0 Å². The average Bonchev–Trinajstić information content (AvgIpc) is 2.80. The van der Waals surface area contributed by atoms with E-state index in [4.69, 9.17) is 4.74 Å². The number of hydrogen-bond donors (Lipinski definition) is 2. The maximum atomic E-state index is 13.0. The fraction of sp³-hybridized carbons (Fsp3) is 0.240. The Morgan fingerprint density at radius 2 is 1.69 bits per heavy atom. The van der Waals surface area contributed by atoms with Crippen molar-refractivity contribution in [3.8, 4) is 5.75 Å². The first-order valence-electron chi connectivity index (χ1n) is 10.4. The van der Waals surface area contributed by atoms with Crippen LogP contribution < -0.4 is 14.8 Å². The largest absolute Gasteiger partial charge is 0.495 e. The fourth-order valence-electron chi connectivity index (χ4n) is 3.31. The summed E-state index contributed by atoms with van der Waals surface area (Å²) in [6.45, 7) is 4.50. The van der Waals surface area contributed by atoms with Crippen LogP contribution in [-0.4, -0.2) is 28.0 Å². The minimum atomic E-state index is -3.95. The topological polar surface area (TPSA) is 84.5 Å². The van der Waals surface area contributed by atoms with E-state index in [9.17, 15) is 13.2 Å². The Hall–Kier alpha value is -3.32. The van der Waals surface area contributed by atoms with E-state index >= 15 is 0 Å². The lowest BCUT2D eigenvalue weighted by Gasteiger charge is -2.14. The van der Waals surface area contributed by atoms with Gasteiger partial charge >= 0.3 is 0 Å². The summed E-state index contributed by atoms with van der Waals surface area (Å²) in [4.78, 5) is 12.6. The predicted molar refractivity (Wildman–Crippen MR) is 127 cm³/mol. The highest BCUT2D eigenvalue weighted by Gasteiger charge is 2.22. The molecule has 3 aromatic carbocycles. The predicted octanol–water partition coefficient (Wildman–Crippen LogP) is 4.73. The third-order valence-corrected chi connectivity index (χ3v) is 6.65. The third-order valence-electron chi connectivity index (χ3n) is 5.25. The van der Waals surface area contributed by atoms with E-state index in [1.165, 1.54) is 24.8 Å². The van der Waals surface area contributed by atoms with Crippen LogP contribution in [0.4, 0.5) is 5.69 Å². The molecular formula is C25H28N2O4S. The number of sulfonamides is 1. The molecule has 0 fully saturated rings. The van der Waals surface area contributed by atoms with Crippen LogP contribution in [0.25, 0.3) is 0 Å². The molecule has 0 heterocycles. The number of aryl methyl sites for hydroxylation is 1. The van der Waals surface area contributed by atoms with Crippen LogP contribution >= 0.6 is 0 Å². The Morgan fingerprint density at radius 1 is 1.00 bits per heavy atom. The van der Waals surface area contributed by atoms with E-state index in [2.05, 4.69) is 29.1 Å². The molecule has 3 rings (SSSR count). The van der Waals surface area contributed by atoms with Crippen LogP contribution in [0.3, 0.4) is 0 Å². The fourth-order valence-corrected chi connectivity index (χ4v) is 4.57. The lowest BCUT2D eigenvalue weighted by molar-refractivity contribution is 0.0952. The van der Waals surface area contributed by atoms with Gasteiger partial charge in [0.15, 0.2) is 0 Å². The molecule has 1 amide bonds. The van der Waals surface area contributed by atoms with Crippen molar-refractivity contribution in [2.75, 3.05) is 18.4 Å². The molecule has 0 saturated heterocycles. The van der Waals surface area contributed by atoms with Gasteiger partial charge in [0.1, 0.15) is 10.6 Å². The molecule has 1 unspecified atom stereocenters. The van der Waals surface area contributed by atoms with Gasteiger partial charge in [-0.1, -0.05) is 55.0 Å². The molecule has 7 heteroatoms. The maximum absolute atomic E-state index is 13.0. The van der Waals surface area contributed by atoms with Crippen molar-refractivity contribution in [3.63, 3.8) is 0 Å². The van der Waals surface area contributed by atoms with Gasteiger partial charge in [-0.2, -0.15) is 0 Å². The zero-order valence-corrected chi connectivity index (χ0v) is 19.3. The monoisotopic (exact) mass is 452 g/mol. The first-order chi connectivity index (χ1) is 15.3. The molecule has 0 aliphatic rings. The van der Waals surface area contributed by atoms with Crippen molar-refractivity contribution in [3.05, 3.63) is 89.5 Å². The van der Waals surface area contributed by atoms with Crippen LogP contribution in [0.2, 0.25) is 0 Å².